The predicted molar refractivity (Wildman–Crippen MR) is 54.7 cm³/mol. The van der Waals surface area contributed by atoms with E-state index in [0.29, 0.717) is 0 Å². The van der Waals surface area contributed by atoms with Gasteiger partial charge in [-0.15, -0.1) is 0 Å². The molecule has 0 aromatic heterocycles. The van der Waals surface area contributed by atoms with Crippen LogP contribution in [-0.2, 0) is 5.92 Å². The van der Waals surface area contributed by atoms with Crippen LogP contribution in [0.4, 0.5) is 8.78 Å². The summed E-state index contributed by atoms with van der Waals surface area (Å²) in [5.74, 6) is -2.97. The Labute approximate surface area is 87.2 Å². The summed E-state index contributed by atoms with van der Waals surface area (Å²) in [5.41, 5.74) is -0.108. The van der Waals surface area contributed by atoms with Crippen LogP contribution in [0.1, 0.15) is 11.1 Å². The lowest BCUT2D eigenvalue weighted by Crippen LogP contribution is -2.14. The lowest BCUT2D eigenvalue weighted by molar-refractivity contribution is 0.0425. The molecule has 0 aliphatic heterocycles. The van der Waals surface area contributed by atoms with Crippen molar-refractivity contribution in [3.05, 3.63) is 71.8 Å². The Hall–Kier alpha value is -1.70. The normalized spacial score (nSPS) is 11.3. The van der Waals surface area contributed by atoms with Crippen LogP contribution in [0.5, 0.6) is 0 Å². The van der Waals surface area contributed by atoms with Gasteiger partial charge in [0.05, 0.1) is 0 Å². The van der Waals surface area contributed by atoms with Gasteiger partial charge in [0.15, 0.2) is 0 Å². The number of hydrogen-bond acceptors (Lipinski definition) is 0. The van der Waals surface area contributed by atoms with E-state index in [1.54, 1.807) is 30.3 Å². The molecule has 75 valence electrons. The van der Waals surface area contributed by atoms with Gasteiger partial charge in [-0.05, 0) is 6.07 Å². The Morgan fingerprint density at radius 3 is 2.13 bits per heavy atom. The van der Waals surface area contributed by atoms with Crippen LogP contribution in [0.15, 0.2) is 54.6 Å². The van der Waals surface area contributed by atoms with E-state index in [9.17, 15) is 8.78 Å². The summed E-state index contributed by atoms with van der Waals surface area (Å²) < 4.78 is 27.7. The Bertz CT molecular complexity index is 379. The van der Waals surface area contributed by atoms with Gasteiger partial charge in [0.2, 0.25) is 0 Å². The van der Waals surface area contributed by atoms with Crippen LogP contribution in [0.25, 0.3) is 0 Å². The topological polar surface area (TPSA) is 0 Å². The minimum absolute atomic E-state index is 0.00699. The Balaban J connectivity index is 2.44. The highest BCUT2D eigenvalue weighted by Crippen LogP contribution is 2.34. The lowest BCUT2D eigenvalue weighted by atomic mass is 10.0. The van der Waals surface area contributed by atoms with Crippen LogP contribution < -0.4 is 0 Å². The quantitative estimate of drug-likeness (QED) is 0.699. The van der Waals surface area contributed by atoms with Gasteiger partial charge in [-0.2, -0.15) is 8.78 Å². The maximum Gasteiger partial charge on any atom is 0.299 e. The molecule has 0 fully saturated rings. The van der Waals surface area contributed by atoms with Crippen LogP contribution in [0.3, 0.4) is 0 Å². The molecule has 0 unspecified atom stereocenters. The Kier molecular flexibility index (Phi) is 2.50. The van der Waals surface area contributed by atoms with Gasteiger partial charge in [0, 0.05) is 11.1 Å². The average molecular weight is 203 g/mol. The van der Waals surface area contributed by atoms with E-state index in [1.807, 2.05) is 0 Å². The molecule has 0 aliphatic carbocycles. The van der Waals surface area contributed by atoms with E-state index in [1.165, 1.54) is 24.3 Å². The summed E-state index contributed by atoms with van der Waals surface area (Å²) in [6.45, 7) is 0. The molecule has 1 radical (unpaired) electrons. The van der Waals surface area contributed by atoms with E-state index < -0.39 is 5.92 Å². The van der Waals surface area contributed by atoms with E-state index >= 15 is 0 Å². The van der Waals surface area contributed by atoms with Gasteiger partial charge in [-0.3, -0.25) is 0 Å². The zero-order valence-electron chi connectivity index (χ0n) is 7.95. The van der Waals surface area contributed by atoms with E-state index in [2.05, 4.69) is 6.07 Å². The van der Waals surface area contributed by atoms with Crippen molar-refractivity contribution in [2.45, 2.75) is 5.92 Å². The third kappa shape index (κ3) is 1.89. The van der Waals surface area contributed by atoms with Crippen molar-refractivity contribution in [3.63, 3.8) is 0 Å². The third-order valence-corrected chi connectivity index (χ3v) is 2.18. The standard InChI is InChI=1S/C13H9F2/c14-13(15,11-7-3-1-4-8-11)12-9-5-2-6-10-12/h1-9H. The Morgan fingerprint density at radius 2 is 1.53 bits per heavy atom. The number of rotatable bonds is 2. The summed E-state index contributed by atoms with van der Waals surface area (Å²) in [6.07, 6.45) is 0. The van der Waals surface area contributed by atoms with Crippen molar-refractivity contribution in [3.8, 4) is 0 Å². The number of alkyl halides is 2. The van der Waals surface area contributed by atoms with Crippen molar-refractivity contribution >= 4 is 0 Å². The molecule has 2 aromatic carbocycles. The van der Waals surface area contributed by atoms with Crippen molar-refractivity contribution in [2.24, 2.45) is 0 Å². The summed E-state index contributed by atoms with van der Waals surface area (Å²) in [6, 6.07) is 16.4. The number of halogens is 2. The monoisotopic (exact) mass is 203 g/mol. The molecule has 2 heteroatoms. The van der Waals surface area contributed by atoms with Gasteiger partial charge in [-0.25, -0.2) is 0 Å². The molecular weight excluding hydrogens is 194 g/mol. The summed E-state index contributed by atoms with van der Waals surface area (Å²) in [5, 5.41) is 0. The van der Waals surface area contributed by atoms with Gasteiger partial charge in [-0.1, -0.05) is 54.6 Å². The first-order chi connectivity index (χ1) is 7.21. The zero-order chi connectivity index (χ0) is 10.7. The summed E-state index contributed by atoms with van der Waals surface area (Å²) >= 11 is 0. The molecule has 0 amide bonds. The van der Waals surface area contributed by atoms with Gasteiger partial charge in [0.1, 0.15) is 0 Å². The fourth-order valence-electron chi connectivity index (χ4n) is 1.39. The molecule has 0 atom stereocenters. The fourth-order valence-corrected chi connectivity index (χ4v) is 1.39. The lowest BCUT2D eigenvalue weighted by Gasteiger charge is -2.16. The molecule has 2 aromatic rings. The molecule has 0 spiro atoms. The van der Waals surface area contributed by atoms with Crippen LogP contribution in [0.2, 0.25) is 0 Å². The molecule has 0 bridgehead atoms. The first-order valence-electron chi connectivity index (χ1n) is 4.62. The van der Waals surface area contributed by atoms with Crippen molar-refractivity contribution in [1.29, 1.82) is 0 Å². The maximum absolute atomic E-state index is 13.9. The predicted octanol–water partition coefficient (Wildman–Crippen LogP) is 3.63. The first kappa shape index (κ1) is 9.84. The first-order valence-corrected chi connectivity index (χ1v) is 4.62. The second-order valence-corrected chi connectivity index (χ2v) is 3.22. The fraction of sp³-hybridized carbons (Fsp3) is 0.0769. The minimum atomic E-state index is -2.97. The summed E-state index contributed by atoms with van der Waals surface area (Å²) in [7, 11) is 0. The molecule has 0 heterocycles. The third-order valence-electron chi connectivity index (χ3n) is 2.18. The van der Waals surface area contributed by atoms with Gasteiger partial charge in [0.25, 0.3) is 5.92 Å². The van der Waals surface area contributed by atoms with E-state index in [4.69, 9.17) is 0 Å². The molecule has 0 saturated heterocycles. The minimum Gasteiger partial charge on any atom is -0.196 e. The maximum atomic E-state index is 13.9. The largest absolute Gasteiger partial charge is 0.299 e. The average Bonchev–Trinajstić information content (AvgIpc) is 2.31. The molecular formula is C13H9F2. The van der Waals surface area contributed by atoms with E-state index in [-0.39, 0.29) is 11.1 Å². The number of hydrogen-bond donors (Lipinski definition) is 0. The van der Waals surface area contributed by atoms with Crippen molar-refractivity contribution in [2.75, 3.05) is 0 Å². The molecule has 2 rings (SSSR count). The van der Waals surface area contributed by atoms with Crippen molar-refractivity contribution in [1.82, 2.24) is 0 Å². The molecule has 0 saturated carbocycles. The molecule has 0 nitrogen and oxygen atoms in total. The highest BCUT2D eigenvalue weighted by Gasteiger charge is 2.33. The van der Waals surface area contributed by atoms with Crippen molar-refractivity contribution < 1.29 is 8.78 Å². The summed E-state index contributed by atoms with van der Waals surface area (Å²) in [4.78, 5) is 0. The van der Waals surface area contributed by atoms with Gasteiger partial charge >= 0.3 is 0 Å². The second kappa shape index (κ2) is 3.81. The molecule has 0 aliphatic rings. The molecule has 15 heavy (non-hydrogen) atoms. The zero-order valence-corrected chi connectivity index (χ0v) is 7.95. The van der Waals surface area contributed by atoms with E-state index in [0.717, 1.165) is 0 Å². The van der Waals surface area contributed by atoms with Crippen LogP contribution in [0, 0.1) is 6.07 Å². The SMILES string of the molecule is FC(F)(c1[c]cccc1)c1ccccc1. The van der Waals surface area contributed by atoms with Gasteiger partial charge < -0.3 is 0 Å². The Morgan fingerprint density at radius 1 is 0.867 bits per heavy atom. The second-order valence-electron chi connectivity index (χ2n) is 3.22. The smallest absolute Gasteiger partial charge is 0.196 e. The van der Waals surface area contributed by atoms with Crippen LogP contribution in [-0.4, -0.2) is 0 Å². The highest BCUT2D eigenvalue weighted by atomic mass is 19.3. The molecule has 0 N–H and O–H groups in total. The van der Waals surface area contributed by atoms with Crippen LogP contribution >= 0.6 is 0 Å². The number of benzene rings is 2. The highest BCUT2D eigenvalue weighted by molar-refractivity contribution is 5.32.